The Morgan fingerprint density at radius 3 is 2.62 bits per heavy atom. The van der Waals surface area contributed by atoms with Crippen molar-refractivity contribution < 1.29 is 9.34 Å². The molecule has 6 nitrogen and oxygen atoms in total. The molecule has 0 N–H and O–H groups in total. The van der Waals surface area contributed by atoms with Crippen molar-refractivity contribution in [3.8, 4) is 0 Å². The van der Waals surface area contributed by atoms with E-state index in [-0.39, 0.29) is 11.7 Å². The van der Waals surface area contributed by atoms with E-state index < -0.39 is 4.92 Å². The molecule has 7 heteroatoms. The minimum atomic E-state index is -0.405. The van der Waals surface area contributed by atoms with E-state index in [1.54, 1.807) is 24.5 Å². The van der Waals surface area contributed by atoms with Crippen molar-refractivity contribution in [2.75, 3.05) is 5.01 Å². The first-order chi connectivity index (χ1) is 12.6. The molecule has 0 saturated carbocycles. The topological polar surface area (TPSA) is 71.9 Å². The minimum Gasteiger partial charge on any atom is -0.463 e. The molecule has 0 amide bonds. The van der Waals surface area contributed by atoms with Crippen molar-refractivity contribution in [2.24, 2.45) is 5.10 Å². The van der Waals surface area contributed by atoms with Crippen LogP contribution in [0.3, 0.4) is 0 Å². The molecule has 2 aromatic carbocycles. The van der Waals surface area contributed by atoms with Gasteiger partial charge in [-0.15, -0.1) is 0 Å². The number of anilines is 1. The van der Waals surface area contributed by atoms with Crippen molar-refractivity contribution in [3.63, 3.8) is 0 Å². The second-order valence-electron chi connectivity index (χ2n) is 5.92. The summed E-state index contributed by atoms with van der Waals surface area (Å²) in [6.07, 6.45) is 2.23. The van der Waals surface area contributed by atoms with Crippen LogP contribution in [0, 0.1) is 10.1 Å². The maximum Gasteiger partial charge on any atom is 0.269 e. The molecule has 1 atom stereocenters. The number of hydrazone groups is 1. The number of hydrogen-bond acceptors (Lipinski definition) is 5. The van der Waals surface area contributed by atoms with Crippen LogP contribution in [-0.4, -0.2) is 10.6 Å². The van der Waals surface area contributed by atoms with E-state index in [9.17, 15) is 10.1 Å². The monoisotopic (exact) mass is 367 g/mol. The Hall–Kier alpha value is -3.12. The zero-order chi connectivity index (χ0) is 18.1. The summed E-state index contributed by atoms with van der Waals surface area (Å²) in [5.41, 5.74) is 2.66. The zero-order valence-electron chi connectivity index (χ0n) is 13.6. The van der Waals surface area contributed by atoms with Gasteiger partial charge in [-0.05, 0) is 35.9 Å². The van der Waals surface area contributed by atoms with Crippen molar-refractivity contribution in [3.05, 3.63) is 93.4 Å². The average Bonchev–Trinajstić information content (AvgIpc) is 3.31. The van der Waals surface area contributed by atoms with E-state index >= 15 is 0 Å². The molecule has 3 aromatic rings. The van der Waals surface area contributed by atoms with Gasteiger partial charge in [0.2, 0.25) is 0 Å². The number of halogens is 1. The normalized spacial score (nSPS) is 16.6. The Morgan fingerprint density at radius 2 is 1.96 bits per heavy atom. The van der Waals surface area contributed by atoms with Crippen LogP contribution in [0.5, 0.6) is 0 Å². The number of hydrogen-bond donors (Lipinski definition) is 0. The standard InChI is InChI=1S/C19H14ClN3O3/c20-14-3-1-4-16(11-14)22-18(12-17(21-22)19-5-2-10-26-19)13-6-8-15(9-7-13)23(24)25/h1-11,18H,12H2. The lowest BCUT2D eigenvalue weighted by Gasteiger charge is -2.24. The SMILES string of the molecule is O=[N+]([O-])c1ccc(C2CC(c3ccco3)=NN2c2cccc(Cl)c2)cc1. The summed E-state index contributed by atoms with van der Waals surface area (Å²) in [4.78, 5) is 10.5. The van der Waals surface area contributed by atoms with E-state index in [4.69, 9.17) is 21.1 Å². The summed E-state index contributed by atoms with van der Waals surface area (Å²) >= 11 is 6.14. The smallest absolute Gasteiger partial charge is 0.269 e. The largest absolute Gasteiger partial charge is 0.463 e. The zero-order valence-corrected chi connectivity index (χ0v) is 14.3. The molecule has 0 spiro atoms. The molecule has 4 rings (SSSR count). The van der Waals surface area contributed by atoms with Gasteiger partial charge >= 0.3 is 0 Å². The quantitative estimate of drug-likeness (QED) is 0.469. The molecular formula is C19H14ClN3O3. The molecule has 0 fully saturated rings. The predicted molar refractivity (Wildman–Crippen MR) is 99.6 cm³/mol. The van der Waals surface area contributed by atoms with E-state index in [0.717, 1.165) is 17.0 Å². The molecule has 0 aliphatic carbocycles. The van der Waals surface area contributed by atoms with E-state index in [0.29, 0.717) is 17.2 Å². The van der Waals surface area contributed by atoms with Crippen LogP contribution >= 0.6 is 11.6 Å². The number of nitro groups is 1. The third-order valence-electron chi connectivity index (χ3n) is 4.28. The number of furan rings is 1. The van der Waals surface area contributed by atoms with Gasteiger partial charge in [-0.25, -0.2) is 0 Å². The Morgan fingerprint density at radius 1 is 1.15 bits per heavy atom. The molecule has 26 heavy (non-hydrogen) atoms. The van der Waals surface area contributed by atoms with Crippen molar-refractivity contribution in [2.45, 2.75) is 12.5 Å². The number of benzene rings is 2. The highest BCUT2D eigenvalue weighted by atomic mass is 35.5. The summed E-state index contributed by atoms with van der Waals surface area (Å²) in [5, 5.41) is 18.1. The third kappa shape index (κ3) is 3.07. The Bertz CT molecular complexity index is 968. The molecule has 1 aromatic heterocycles. The van der Waals surface area contributed by atoms with E-state index in [1.807, 2.05) is 35.3 Å². The lowest BCUT2D eigenvalue weighted by molar-refractivity contribution is -0.384. The van der Waals surface area contributed by atoms with Gasteiger partial charge in [-0.2, -0.15) is 5.10 Å². The van der Waals surface area contributed by atoms with E-state index in [2.05, 4.69) is 0 Å². The fourth-order valence-corrected chi connectivity index (χ4v) is 3.22. The highest BCUT2D eigenvalue weighted by Crippen LogP contribution is 2.37. The molecule has 0 radical (unpaired) electrons. The van der Waals surface area contributed by atoms with Crippen LogP contribution in [0.25, 0.3) is 0 Å². The second kappa shape index (κ2) is 6.65. The van der Waals surface area contributed by atoms with Gasteiger partial charge in [0.1, 0.15) is 11.5 Å². The maximum absolute atomic E-state index is 10.9. The first-order valence-corrected chi connectivity index (χ1v) is 8.40. The van der Waals surface area contributed by atoms with Crippen molar-refractivity contribution in [1.82, 2.24) is 0 Å². The molecule has 0 saturated heterocycles. The first-order valence-electron chi connectivity index (χ1n) is 8.02. The van der Waals surface area contributed by atoms with Crippen molar-refractivity contribution in [1.29, 1.82) is 0 Å². The van der Waals surface area contributed by atoms with E-state index in [1.165, 1.54) is 12.1 Å². The van der Waals surface area contributed by atoms with Gasteiger partial charge in [0, 0.05) is 23.6 Å². The molecule has 1 aliphatic heterocycles. The fourth-order valence-electron chi connectivity index (χ4n) is 3.04. The van der Waals surface area contributed by atoms with Gasteiger partial charge < -0.3 is 4.42 Å². The van der Waals surface area contributed by atoms with Crippen LogP contribution in [0.15, 0.2) is 76.4 Å². The highest BCUT2D eigenvalue weighted by molar-refractivity contribution is 6.30. The summed E-state index contributed by atoms with van der Waals surface area (Å²) < 4.78 is 5.49. The first kappa shape index (κ1) is 16.4. The highest BCUT2D eigenvalue weighted by Gasteiger charge is 2.31. The number of non-ortho nitro benzene ring substituents is 1. The summed E-state index contributed by atoms with van der Waals surface area (Å²) in [6, 6.07) is 17.6. The number of nitro benzene ring substituents is 1. The Labute approximate surface area is 154 Å². The number of rotatable bonds is 4. The summed E-state index contributed by atoms with van der Waals surface area (Å²) in [5.74, 6) is 0.710. The van der Waals surface area contributed by atoms with Gasteiger partial charge in [-0.1, -0.05) is 29.8 Å². The Balaban J connectivity index is 1.73. The molecule has 1 aliphatic rings. The minimum absolute atomic E-state index is 0.0632. The second-order valence-corrected chi connectivity index (χ2v) is 6.35. The predicted octanol–water partition coefficient (Wildman–Crippen LogP) is 5.20. The molecule has 0 bridgehead atoms. The van der Waals surface area contributed by atoms with Crippen LogP contribution in [0.2, 0.25) is 5.02 Å². The van der Waals surface area contributed by atoms with Crippen LogP contribution < -0.4 is 5.01 Å². The summed E-state index contributed by atoms with van der Waals surface area (Å²) in [7, 11) is 0. The summed E-state index contributed by atoms with van der Waals surface area (Å²) in [6.45, 7) is 0. The lowest BCUT2D eigenvalue weighted by atomic mass is 10.0. The average molecular weight is 368 g/mol. The molecule has 1 unspecified atom stereocenters. The molecular weight excluding hydrogens is 354 g/mol. The fraction of sp³-hybridized carbons (Fsp3) is 0.105. The lowest BCUT2D eigenvalue weighted by Crippen LogP contribution is -2.18. The van der Waals surface area contributed by atoms with Crippen LogP contribution in [-0.2, 0) is 0 Å². The molecule has 130 valence electrons. The Kier molecular flexibility index (Phi) is 4.18. The van der Waals surface area contributed by atoms with Crippen LogP contribution in [0.4, 0.5) is 11.4 Å². The van der Waals surface area contributed by atoms with Gasteiger partial charge in [0.25, 0.3) is 5.69 Å². The third-order valence-corrected chi connectivity index (χ3v) is 4.51. The maximum atomic E-state index is 10.9. The van der Waals surface area contributed by atoms with Gasteiger partial charge in [0.15, 0.2) is 0 Å². The van der Waals surface area contributed by atoms with Crippen molar-refractivity contribution >= 4 is 28.7 Å². The molecule has 2 heterocycles. The van der Waals surface area contributed by atoms with Crippen LogP contribution in [0.1, 0.15) is 23.8 Å². The number of nitrogens with zero attached hydrogens (tertiary/aromatic N) is 3. The van der Waals surface area contributed by atoms with Gasteiger partial charge in [-0.3, -0.25) is 15.1 Å². The van der Waals surface area contributed by atoms with Gasteiger partial charge in [0.05, 0.1) is 22.9 Å².